The molecule has 1 aromatic carbocycles. The van der Waals surface area contributed by atoms with Crippen LogP contribution in [-0.2, 0) is 0 Å². The van der Waals surface area contributed by atoms with E-state index in [9.17, 15) is 0 Å². The molecule has 0 N–H and O–H groups in total. The predicted molar refractivity (Wildman–Crippen MR) is 68.8 cm³/mol. The smallest absolute Gasteiger partial charge is 0.118 e. The van der Waals surface area contributed by atoms with Crippen LogP contribution < -0.4 is 4.74 Å². The standard InChI is InChI=1S/C13H20OS/c1-4-5-10-15-11(2)12-6-8-13(14-3)9-7-12/h6-9,11H,4-5,10H2,1-3H3. The normalized spacial score (nSPS) is 12.5. The lowest BCUT2D eigenvalue weighted by Crippen LogP contribution is -1.91. The van der Waals surface area contributed by atoms with Crippen molar-refractivity contribution in [3.05, 3.63) is 29.8 Å². The molecule has 1 unspecified atom stereocenters. The summed E-state index contributed by atoms with van der Waals surface area (Å²) >= 11 is 2.03. The number of hydrogen-bond donors (Lipinski definition) is 0. The molecule has 0 radical (unpaired) electrons. The summed E-state index contributed by atoms with van der Waals surface area (Å²) in [5.41, 5.74) is 1.39. The van der Waals surface area contributed by atoms with Gasteiger partial charge >= 0.3 is 0 Å². The zero-order valence-electron chi connectivity index (χ0n) is 9.82. The zero-order valence-corrected chi connectivity index (χ0v) is 10.6. The van der Waals surface area contributed by atoms with E-state index in [1.165, 1.54) is 24.2 Å². The van der Waals surface area contributed by atoms with Crippen molar-refractivity contribution in [2.45, 2.75) is 31.9 Å². The molecule has 0 saturated heterocycles. The van der Waals surface area contributed by atoms with Crippen molar-refractivity contribution in [1.82, 2.24) is 0 Å². The second-order valence-electron chi connectivity index (χ2n) is 3.64. The predicted octanol–water partition coefficient (Wildman–Crippen LogP) is 4.29. The molecule has 15 heavy (non-hydrogen) atoms. The number of rotatable bonds is 6. The van der Waals surface area contributed by atoms with E-state index in [0.29, 0.717) is 5.25 Å². The number of hydrogen-bond acceptors (Lipinski definition) is 2. The Morgan fingerprint density at radius 3 is 2.47 bits per heavy atom. The van der Waals surface area contributed by atoms with Crippen molar-refractivity contribution >= 4 is 11.8 Å². The lowest BCUT2D eigenvalue weighted by atomic mass is 10.2. The highest BCUT2D eigenvalue weighted by atomic mass is 32.2. The van der Waals surface area contributed by atoms with Gasteiger partial charge in [-0.1, -0.05) is 25.5 Å². The number of thioether (sulfide) groups is 1. The maximum Gasteiger partial charge on any atom is 0.118 e. The molecular formula is C13H20OS. The minimum Gasteiger partial charge on any atom is -0.497 e. The van der Waals surface area contributed by atoms with Gasteiger partial charge in [0.05, 0.1) is 7.11 Å². The molecule has 0 bridgehead atoms. The number of methoxy groups -OCH3 is 1. The summed E-state index contributed by atoms with van der Waals surface area (Å²) in [4.78, 5) is 0. The van der Waals surface area contributed by atoms with Crippen LogP contribution in [0, 0.1) is 0 Å². The quantitative estimate of drug-likeness (QED) is 0.667. The fraction of sp³-hybridized carbons (Fsp3) is 0.538. The Balaban J connectivity index is 2.46. The van der Waals surface area contributed by atoms with Gasteiger partial charge < -0.3 is 4.74 Å². The van der Waals surface area contributed by atoms with Gasteiger partial charge in [0, 0.05) is 5.25 Å². The molecule has 0 saturated carbocycles. The molecule has 0 aliphatic carbocycles. The van der Waals surface area contributed by atoms with Crippen LogP contribution in [0.2, 0.25) is 0 Å². The molecule has 0 heterocycles. The fourth-order valence-electron chi connectivity index (χ4n) is 1.38. The van der Waals surface area contributed by atoms with Gasteiger partial charge in [-0.15, -0.1) is 0 Å². The van der Waals surface area contributed by atoms with Crippen molar-refractivity contribution in [1.29, 1.82) is 0 Å². The number of unbranched alkanes of at least 4 members (excludes halogenated alkanes) is 1. The van der Waals surface area contributed by atoms with Crippen LogP contribution >= 0.6 is 11.8 Å². The van der Waals surface area contributed by atoms with Crippen molar-refractivity contribution in [3.63, 3.8) is 0 Å². The van der Waals surface area contributed by atoms with Crippen LogP contribution in [0.15, 0.2) is 24.3 Å². The van der Waals surface area contributed by atoms with E-state index in [4.69, 9.17) is 4.74 Å². The zero-order chi connectivity index (χ0) is 11.1. The first-order valence-electron chi connectivity index (χ1n) is 5.53. The molecule has 0 aliphatic heterocycles. The maximum absolute atomic E-state index is 5.14. The van der Waals surface area contributed by atoms with E-state index in [-0.39, 0.29) is 0 Å². The van der Waals surface area contributed by atoms with Gasteiger partial charge in [-0.3, -0.25) is 0 Å². The third kappa shape index (κ3) is 4.17. The largest absolute Gasteiger partial charge is 0.497 e. The molecule has 0 fully saturated rings. The van der Waals surface area contributed by atoms with E-state index in [0.717, 1.165) is 5.75 Å². The lowest BCUT2D eigenvalue weighted by molar-refractivity contribution is 0.414. The second kappa shape index (κ2) is 6.78. The van der Waals surface area contributed by atoms with E-state index in [1.54, 1.807) is 7.11 Å². The molecule has 1 rings (SSSR count). The van der Waals surface area contributed by atoms with Crippen molar-refractivity contribution in [2.75, 3.05) is 12.9 Å². The molecule has 84 valence electrons. The Morgan fingerprint density at radius 1 is 1.27 bits per heavy atom. The van der Waals surface area contributed by atoms with Crippen molar-refractivity contribution < 1.29 is 4.74 Å². The van der Waals surface area contributed by atoms with E-state index in [2.05, 4.69) is 26.0 Å². The molecular weight excluding hydrogens is 204 g/mol. The lowest BCUT2D eigenvalue weighted by Gasteiger charge is -2.11. The minimum absolute atomic E-state index is 0.586. The minimum atomic E-state index is 0.586. The van der Waals surface area contributed by atoms with Crippen LogP contribution in [-0.4, -0.2) is 12.9 Å². The summed E-state index contributed by atoms with van der Waals surface area (Å²) < 4.78 is 5.14. The Morgan fingerprint density at radius 2 is 1.93 bits per heavy atom. The van der Waals surface area contributed by atoms with Gasteiger partial charge in [-0.2, -0.15) is 11.8 Å². The second-order valence-corrected chi connectivity index (χ2v) is 5.09. The number of ether oxygens (including phenoxy) is 1. The Labute approximate surface area is 97.2 Å². The first-order valence-corrected chi connectivity index (χ1v) is 6.58. The molecule has 1 atom stereocenters. The Kier molecular flexibility index (Phi) is 5.62. The van der Waals surface area contributed by atoms with E-state index in [1.807, 2.05) is 23.9 Å². The SMILES string of the molecule is CCCCSC(C)c1ccc(OC)cc1. The third-order valence-corrected chi connectivity index (χ3v) is 3.75. The molecule has 1 aromatic rings. The first-order chi connectivity index (χ1) is 7.27. The van der Waals surface area contributed by atoms with Crippen LogP contribution in [0.25, 0.3) is 0 Å². The highest BCUT2D eigenvalue weighted by Gasteiger charge is 2.05. The average molecular weight is 224 g/mol. The Bertz CT molecular complexity index is 268. The molecule has 0 aliphatic rings. The Hall–Kier alpha value is -0.630. The summed E-state index contributed by atoms with van der Waals surface area (Å²) in [5.74, 6) is 2.19. The molecule has 0 aromatic heterocycles. The van der Waals surface area contributed by atoms with Crippen LogP contribution in [0.5, 0.6) is 5.75 Å². The molecule has 0 spiro atoms. The van der Waals surface area contributed by atoms with E-state index >= 15 is 0 Å². The topological polar surface area (TPSA) is 9.23 Å². The van der Waals surface area contributed by atoms with Gasteiger partial charge in [0.1, 0.15) is 5.75 Å². The highest BCUT2D eigenvalue weighted by Crippen LogP contribution is 2.29. The van der Waals surface area contributed by atoms with Gasteiger partial charge in [0.2, 0.25) is 0 Å². The molecule has 0 amide bonds. The summed E-state index contributed by atoms with van der Waals surface area (Å²) in [7, 11) is 1.70. The maximum atomic E-state index is 5.14. The molecule has 1 nitrogen and oxygen atoms in total. The molecule has 2 heteroatoms. The summed E-state index contributed by atoms with van der Waals surface area (Å²) in [6.07, 6.45) is 2.59. The van der Waals surface area contributed by atoms with Crippen LogP contribution in [0.4, 0.5) is 0 Å². The van der Waals surface area contributed by atoms with Crippen LogP contribution in [0.1, 0.15) is 37.5 Å². The van der Waals surface area contributed by atoms with Gasteiger partial charge in [-0.25, -0.2) is 0 Å². The third-order valence-electron chi connectivity index (χ3n) is 2.45. The highest BCUT2D eigenvalue weighted by molar-refractivity contribution is 7.99. The monoisotopic (exact) mass is 224 g/mol. The van der Waals surface area contributed by atoms with Crippen molar-refractivity contribution in [2.24, 2.45) is 0 Å². The van der Waals surface area contributed by atoms with Gasteiger partial charge in [0.25, 0.3) is 0 Å². The van der Waals surface area contributed by atoms with E-state index < -0.39 is 0 Å². The first kappa shape index (κ1) is 12.4. The number of benzene rings is 1. The summed E-state index contributed by atoms with van der Waals surface area (Å²) in [6.45, 7) is 4.50. The van der Waals surface area contributed by atoms with Gasteiger partial charge in [-0.05, 0) is 36.8 Å². The van der Waals surface area contributed by atoms with Crippen molar-refractivity contribution in [3.8, 4) is 5.75 Å². The fourth-order valence-corrected chi connectivity index (χ4v) is 2.53. The van der Waals surface area contributed by atoms with Crippen LogP contribution in [0.3, 0.4) is 0 Å². The van der Waals surface area contributed by atoms with Gasteiger partial charge in [0.15, 0.2) is 0 Å². The summed E-state index contributed by atoms with van der Waals surface area (Å²) in [6, 6.07) is 8.38. The average Bonchev–Trinajstić information content (AvgIpc) is 2.29. The summed E-state index contributed by atoms with van der Waals surface area (Å²) in [5, 5.41) is 0.586.